The molecule has 0 radical (unpaired) electrons. The second-order valence-corrected chi connectivity index (χ2v) is 12.8. The highest BCUT2D eigenvalue weighted by Crippen LogP contribution is 2.34. The van der Waals surface area contributed by atoms with Crippen LogP contribution in [0, 0.1) is 5.92 Å². The van der Waals surface area contributed by atoms with Gasteiger partial charge in [0.1, 0.15) is 4.90 Å². The number of benzene rings is 3. The number of anilines is 1. The van der Waals surface area contributed by atoms with Gasteiger partial charge in [-0.05, 0) is 61.2 Å². The van der Waals surface area contributed by atoms with Crippen LogP contribution in [-0.4, -0.2) is 69.0 Å². The molecule has 43 heavy (non-hydrogen) atoms. The smallest absolute Gasteiger partial charge is 0.264 e. The first-order chi connectivity index (χ1) is 20.9. The number of para-hydroxylation sites is 2. The molecule has 1 aliphatic heterocycles. The van der Waals surface area contributed by atoms with Crippen LogP contribution in [0.4, 0.5) is 5.69 Å². The molecule has 0 atom stereocenters. The Morgan fingerprint density at radius 2 is 1.70 bits per heavy atom. The summed E-state index contributed by atoms with van der Waals surface area (Å²) < 4.78 is 40.7. The van der Waals surface area contributed by atoms with Gasteiger partial charge in [-0.2, -0.15) is 0 Å². The second-order valence-electron chi connectivity index (χ2n) is 11.1. The van der Waals surface area contributed by atoms with Crippen LogP contribution < -0.4 is 14.2 Å². The minimum absolute atomic E-state index is 0.0729. The van der Waals surface area contributed by atoms with Gasteiger partial charge in [-0.25, -0.2) is 8.42 Å². The van der Waals surface area contributed by atoms with E-state index in [-0.39, 0.29) is 10.8 Å². The van der Waals surface area contributed by atoms with Crippen molar-refractivity contribution in [2.45, 2.75) is 30.7 Å². The third-order valence-corrected chi connectivity index (χ3v) is 9.70. The Bertz CT molecular complexity index is 1690. The van der Waals surface area contributed by atoms with Crippen LogP contribution in [0.2, 0.25) is 0 Å². The molecule has 0 unspecified atom stereocenters. The third kappa shape index (κ3) is 6.45. The topological polar surface area (TPSA) is 101 Å². The number of nitrogens with one attached hydrogen (secondary N) is 1. The normalized spacial score (nSPS) is 16.1. The standard InChI is InChI=1S/C33H36N4O5S/c1-41-32-27(9-3-11-29(32)42-23-24-6-2-7-24)22-36-18-20-37(21-19-36)33(38)26-13-15-28(16-14-26)35-43(39,40)30-12-4-8-25-10-5-17-34-31(25)30/h3-5,8-17,24,35H,2,6-7,18-23H2,1H3. The van der Waals surface area contributed by atoms with Crippen LogP contribution in [0.25, 0.3) is 10.9 Å². The van der Waals surface area contributed by atoms with Gasteiger partial charge in [0.05, 0.1) is 19.2 Å². The summed E-state index contributed by atoms with van der Waals surface area (Å²) in [6.07, 6.45) is 5.33. The Kier molecular flexibility index (Phi) is 8.49. The number of ether oxygens (including phenoxy) is 2. The maximum absolute atomic E-state index is 13.3. The zero-order valence-corrected chi connectivity index (χ0v) is 25.1. The summed E-state index contributed by atoms with van der Waals surface area (Å²) in [5.74, 6) is 2.15. The molecule has 1 N–H and O–H groups in total. The number of amides is 1. The zero-order chi connectivity index (χ0) is 29.8. The van der Waals surface area contributed by atoms with Crippen LogP contribution >= 0.6 is 0 Å². The van der Waals surface area contributed by atoms with Gasteiger partial charge in [-0.3, -0.25) is 19.4 Å². The number of nitrogens with zero attached hydrogens (tertiary/aromatic N) is 3. The SMILES string of the molecule is COc1c(CN2CCN(C(=O)c3ccc(NS(=O)(=O)c4cccc5cccnc45)cc3)CC2)cccc1OCC1CCC1. The van der Waals surface area contributed by atoms with E-state index >= 15 is 0 Å². The predicted octanol–water partition coefficient (Wildman–Crippen LogP) is 5.18. The quantitative estimate of drug-likeness (QED) is 0.268. The number of hydrogen-bond donors (Lipinski definition) is 1. The molecule has 2 fully saturated rings. The summed E-state index contributed by atoms with van der Waals surface area (Å²) in [5, 5.41) is 0.743. The number of methoxy groups -OCH3 is 1. The molecule has 1 aromatic heterocycles. The molecule has 3 aromatic carbocycles. The number of piperazine rings is 1. The van der Waals surface area contributed by atoms with Crippen molar-refractivity contribution in [3.05, 3.63) is 90.1 Å². The van der Waals surface area contributed by atoms with Crippen molar-refractivity contribution in [2.24, 2.45) is 5.92 Å². The summed E-state index contributed by atoms with van der Waals surface area (Å²) >= 11 is 0. The summed E-state index contributed by atoms with van der Waals surface area (Å²) in [6, 6.07) is 21.2. The van der Waals surface area contributed by atoms with Gasteiger partial charge >= 0.3 is 0 Å². The molecule has 2 heterocycles. The number of hydrogen-bond acceptors (Lipinski definition) is 7. The van der Waals surface area contributed by atoms with Gasteiger partial charge in [-0.15, -0.1) is 0 Å². The molecular weight excluding hydrogens is 564 g/mol. The summed E-state index contributed by atoms with van der Waals surface area (Å²) in [4.78, 5) is 21.8. The van der Waals surface area contributed by atoms with Gasteiger partial charge in [0.15, 0.2) is 11.5 Å². The molecule has 0 bridgehead atoms. The molecule has 9 nitrogen and oxygen atoms in total. The number of carbonyl (C=O) groups is 1. The van der Waals surface area contributed by atoms with Crippen LogP contribution in [0.3, 0.4) is 0 Å². The van der Waals surface area contributed by atoms with E-state index in [1.54, 1.807) is 49.7 Å². The lowest BCUT2D eigenvalue weighted by Gasteiger charge is -2.35. The van der Waals surface area contributed by atoms with E-state index in [1.807, 2.05) is 29.2 Å². The third-order valence-electron chi connectivity index (χ3n) is 8.29. The Morgan fingerprint density at radius 1 is 0.953 bits per heavy atom. The summed E-state index contributed by atoms with van der Waals surface area (Å²) in [7, 11) is -2.19. The van der Waals surface area contributed by atoms with Crippen molar-refractivity contribution in [3.63, 3.8) is 0 Å². The fourth-order valence-corrected chi connectivity index (χ4v) is 6.85. The maximum Gasteiger partial charge on any atom is 0.264 e. The van der Waals surface area contributed by atoms with E-state index in [9.17, 15) is 13.2 Å². The first-order valence-corrected chi connectivity index (χ1v) is 16.2. The average molecular weight is 601 g/mol. The fourth-order valence-electron chi connectivity index (χ4n) is 5.61. The van der Waals surface area contributed by atoms with Crippen LogP contribution in [0.1, 0.15) is 35.2 Å². The van der Waals surface area contributed by atoms with Crippen molar-refractivity contribution < 1.29 is 22.7 Å². The second kappa shape index (κ2) is 12.6. The van der Waals surface area contributed by atoms with E-state index in [2.05, 4.69) is 20.7 Å². The van der Waals surface area contributed by atoms with Crippen LogP contribution in [0.5, 0.6) is 11.5 Å². The molecule has 6 rings (SSSR count). The average Bonchev–Trinajstić information content (AvgIpc) is 3.00. The fraction of sp³-hybridized carbons (Fsp3) is 0.333. The highest BCUT2D eigenvalue weighted by atomic mass is 32.2. The van der Waals surface area contributed by atoms with E-state index in [4.69, 9.17) is 9.47 Å². The van der Waals surface area contributed by atoms with Crippen LogP contribution in [0.15, 0.2) is 83.9 Å². The molecule has 10 heteroatoms. The molecule has 4 aromatic rings. The maximum atomic E-state index is 13.3. The van der Waals surface area contributed by atoms with Crippen molar-refractivity contribution in [1.82, 2.24) is 14.8 Å². The predicted molar refractivity (Wildman–Crippen MR) is 166 cm³/mol. The molecule has 224 valence electrons. The van der Waals surface area contributed by atoms with E-state index in [0.717, 1.165) is 42.1 Å². The Balaban J connectivity index is 1.05. The van der Waals surface area contributed by atoms with Gasteiger partial charge in [0, 0.05) is 61.1 Å². The van der Waals surface area contributed by atoms with Crippen molar-refractivity contribution in [2.75, 3.05) is 44.6 Å². The number of rotatable bonds is 10. The minimum Gasteiger partial charge on any atom is -0.493 e. The van der Waals surface area contributed by atoms with E-state index < -0.39 is 10.0 Å². The number of carbonyl (C=O) groups excluding carboxylic acids is 1. The van der Waals surface area contributed by atoms with Crippen LogP contribution in [-0.2, 0) is 16.6 Å². The van der Waals surface area contributed by atoms with Crippen molar-refractivity contribution >= 4 is 32.5 Å². The van der Waals surface area contributed by atoms with Gasteiger partial charge in [-0.1, -0.05) is 36.8 Å². The highest BCUT2D eigenvalue weighted by Gasteiger charge is 2.25. The molecular formula is C33H36N4O5S. The number of pyridine rings is 1. The lowest BCUT2D eigenvalue weighted by atomic mass is 9.86. The lowest BCUT2D eigenvalue weighted by molar-refractivity contribution is 0.0627. The lowest BCUT2D eigenvalue weighted by Crippen LogP contribution is -2.48. The number of sulfonamides is 1. The Hall–Kier alpha value is -4.15. The van der Waals surface area contributed by atoms with Crippen molar-refractivity contribution in [3.8, 4) is 11.5 Å². The monoisotopic (exact) mass is 600 g/mol. The van der Waals surface area contributed by atoms with Gasteiger partial charge in [0.25, 0.3) is 15.9 Å². The molecule has 2 aliphatic rings. The molecule has 0 spiro atoms. The molecule has 1 saturated heterocycles. The van der Waals surface area contributed by atoms with E-state index in [1.165, 1.54) is 25.3 Å². The van der Waals surface area contributed by atoms with E-state index in [0.29, 0.717) is 42.3 Å². The van der Waals surface area contributed by atoms with Gasteiger partial charge in [0.2, 0.25) is 0 Å². The Labute approximate surface area is 252 Å². The Morgan fingerprint density at radius 3 is 2.42 bits per heavy atom. The summed E-state index contributed by atoms with van der Waals surface area (Å²) in [5.41, 5.74) is 2.38. The first-order valence-electron chi connectivity index (χ1n) is 14.7. The number of fused-ring (bicyclic) bond motifs is 1. The highest BCUT2D eigenvalue weighted by molar-refractivity contribution is 7.93. The molecule has 1 saturated carbocycles. The molecule has 1 aliphatic carbocycles. The summed E-state index contributed by atoms with van der Waals surface area (Å²) in [6.45, 7) is 4.11. The van der Waals surface area contributed by atoms with Gasteiger partial charge < -0.3 is 14.4 Å². The van der Waals surface area contributed by atoms with Crippen molar-refractivity contribution in [1.29, 1.82) is 0 Å². The first kappa shape index (κ1) is 28.9. The largest absolute Gasteiger partial charge is 0.493 e. The molecule has 1 amide bonds. The minimum atomic E-state index is -3.87. The zero-order valence-electron chi connectivity index (χ0n) is 24.2. The number of aromatic nitrogens is 1.